The van der Waals surface area contributed by atoms with Gasteiger partial charge in [0.2, 0.25) is 5.88 Å². The Balaban J connectivity index is 1.43. The standard InChI is InChI=1S/C25H28BrN5O3/c1-31-8-6-19(7-9-31)33-23-12-21-16(10-22(23)32-2)13-27-14-20-24(28-15-29-25(20)34-21)30-18-5-3-4-17(26)11-18/h3-5,10-12,15,19,27H,6-9,13-14H2,1-2H3,(H,28,29,30). The van der Waals surface area contributed by atoms with Crippen molar-refractivity contribution in [2.45, 2.75) is 32.0 Å². The molecule has 34 heavy (non-hydrogen) atoms. The number of hydrogen-bond acceptors (Lipinski definition) is 8. The van der Waals surface area contributed by atoms with Crippen molar-refractivity contribution in [3.05, 3.63) is 58.3 Å². The normalized spacial score (nSPS) is 16.4. The van der Waals surface area contributed by atoms with Crippen LogP contribution in [-0.4, -0.2) is 48.2 Å². The predicted octanol–water partition coefficient (Wildman–Crippen LogP) is 4.86. The van der Waals surface area contributed by atoms with Crippen LogP contribution in [0.3, 0.4) is 0 Å². The SMILES string of the molecule is COc1cc2c(cc1OC1CCN(C)CC1)Oc1ncnc(Nc3cccc(Br)c3)c1CNC2. The van der Waals surface area contributed by atoms with E-state index >= 15 is 0 Å². The lowest BCUT2D eigenvalue weighted by molar-refractivity contribution is 0.111. The van der Waals surface area contributed by atoms with Gasteiger partial charge in [-0.1, -0.05) is 22.0 Å². The molecule has 1 fully saturated rings. The largest absolute Gasteiger partial charge is 0.493 e. The summed E-state index contributed by atoms with van der Waals surface area (Å²) in [6.45, 7) is 3.22. The zero-order chi connectivity index (χ0) is 23.5. The number of piperidine rings is 1. The summed E-state index contributed by atoms with van der Waals surface area (Å²) >= 11 is 3.51. The van der Waals surface area contributed by atoms with Gasteiger partial charge in [0.15, 0.2) is 11.5 Å². The fourth-order valence-electron chi connectivity index (χ4n) is 4.23. The molecule has 0 unspecified atom stereocenters. The maximum Gasteiger partial charge on any atom is 0.228 e. The first-order valence-electron chi connectivity index (χ1n) is 11.4. The van der Waals surface area contributed by atoms with Crippen molar-refractivity contribution in [2.24, 2.45) is 0 Å². The topological polar surface area (TPSA) is 80.8 Å². The number of nitrogens with one attached hydrogen (secondary N) is 2. The Morgan fingerprint density at radius 2 is 1.97 bits per heavy atom. The molecule has 0 atom stereocenters. The Hall–Kier alpha value is -2.88. The lowest BCUT2D eigenvalue weighted by atomic mass is 10.1. The molecule has 3 heterocycles. The highest BCUT2D eigenvalue weighted by molar-refractivity contribution is 9.10. The van der Waals surface area contributed by atoms with Crippen LogP contribution in [0.5, 0.6) is 23.1 Å². The zero-order valence-electron chi connectivity index (χ0n) is 19.3. The molecule has 0 aliphatic carbocycles. The number of rotatable bonds is 5. The molecule has 0 saturated carbocycles. The number of benzene rings is 2. The number of aromatic nitrogens is 2. The van der Waals surface area contributed by atoms with E-state index in [9.17, 15) is 0 Å². The van der Waals surface area contributed by atoms with E-state index in [2.05, 4.69) is 48.5 Å². The Bertz CT molecular complexity index is 1170. The molecule has 0 radical (unpaired) electrons. The van der Waals surface area contributed by atoms with Gasteiger partial charge in [-0.05, 0) is 44.2 Å². The smallest absolute Gasteiger partial charge is 0.228 e. The van der Waals surface area contributed by atoms with Gasteiger partial charge in [0.25, 0.3) is 0 Å². The lowest BCUT2D eigenvalue weighted by Gasteiger charge is -2.30. The molecule has 0 bridgehead atoms. The third kappa shape index (κ3) is 5.11. The van der Waals surface area contributed by atoms with Crippen LogP contribution in [0.25, 0.3) is 0 Å². The molecule has 8 nitrogen and oxygen atoms in total. The number of anilines is 2. The second kappa shape index (κ2) is 10.2. The Kier molecular flexibility index (Phi) is 6.85. The molecule has 178 valence electrons. The van der Waals surface area contributed by atoms with E-state index < -0.39 is 0 Å². The second-order valence-electron chi connectivity index (χ2n) is 8.58. The third-order valence-corrected chi connectivity index (χ3v) is 6.62. The molecule has 5 rings (SSSR count). The van der Waals surface area contributed by atoms with Crippen LogP contribution in [0, 0.1) is 0 Å². The van der Waals surface area contributed by atoms with Gasteiger partial charge in [0.05, 0.1) is 12.7 Å². The fraction of sp³-hybridized carbons (Fsp3) is 0.360. The molecular formula is C25H28BrN5O3. The maximum atomic E-state index is 6.36. The van der Waals surface area contributed by atoms with E-state index in [0.29, 0.717) is 42.0 Å². The highest BCUT2D eigenvalue weighted by atomic mass is 79.9. The van der Waals surface area contributed by atoms with Crippen LogP contribution >= 0.6 is 15.9 Å². The van der Waals surface area contributed by atoms with Crippen molar-refractivity contribution in [3.8, 4) is 23.1 Å². The number of nitrogens with zero attached hydrogens (tertiary/aromatic N) is 3. The zero-order valence-corrected chi connectivity index (χ0v) is 20.9. The van der Waals surface area contributed by atoms with Crippen LogP contribution in [0.15, 0.2) is 47.2 Å². The van der Waals surface area contributed by atoms with Crippen molar-refractivity contribution >= 4 is 27.4 Å². The van der Waals surface area contributed by atoms with Gasteiger partial charge in [0, 0.05) is 48.0 Å². The summed E-state index contributed by atoms with van der Waals surface area (Å²) in [6, 6.07) is 11.9. The summed E-state index contributed by atoms with van der Waals surface area (Å²) in [4.78, 5) is 11.2. The molecule has 1 saturated heterocycles. The molecule has 2 aliphatic heterocycles. The molecule has 2 N–H and O–H groups in total. The van der Waals surface area contributed by atoms with E-state index in [1.807, 2.05) is 36.4 Å². The molecule has 3 aromatic rings. The van der Waals surface area contributed by atoms with Crippen molar-refractivity contribution in [1.29, 1.82) is 0 Å². The van der Waals surface area contributed by atoms with Crippen molar-refractivity contribution in [1.82, 2.24) is 20.2 Å². The molecule has 1 aromatic heterocycles. The Morgan fingerprint density at radius 3 is 2.76 bits per heavy atom. The van der Waals surface area contributed by atoms with Gasteiger partial charge >= 0.3 is 0 Å². The maximum absolute atomic E-state index is 6.36. The van der Waals surface area contributed by atoms with E-state index in [1.165, 1.54) is 6.33 Å². The van der Waals surface area contributed by atoms with E-state index in [1.54, 1.807) is 7.11 Å². The summed E-state index contributed by atoms with van der Waals surface area (Å²) in [6.07, 6.45) is 3.64. The molecule has 2 aromatic carbocycles. The fourth-order valence-corrected chi connectivity index (χ4v) is 4.63. The van der Waals surface area contributed by atoms with Gasteiger partial charge in [-0.15, -0.1) is 0 Å². The van der Waals surface area contributed by atoms with Crippen LogP contribution in [0.2, 0.25) is 0 Å². The average Bonchev–Trinajstić information content (AvgIpc) is 2.81. The first-order chi connectivity index (χ1) is 16.6. The highest BCUT2D eigenvalue weighted by Crippen LogP contribution is 2.40. The van der Waals surface area contributed by atoms with Crippen LogP contribution < -0.4 is 24.8 Å². The summed E-state index contributed by atoms with van der Waals surface area (Å²) in [5.41, 5.74) is 2.77. The monoisotopic (exact) mass is 525 g/mol. The summed E-state index contributed by atoms with van der Waals surface area (Å²) < 4.78 is 19.4. The third-order valence-electron chi connectivity index (χ3n) is 6.12. The number of likely N-dealkylation sites (tertiary alicyclic amines) is 1. The molecule has 2 aliphatic rings. The van der Waals surface area contributed by atoms with Gasteiger partial charge < -0.3 is 29.7 Å². The number of ether oxygens (including phenoxy) is 3. The van der Waals surface area contributed by atoms with Gasteiger partial charge in [-0.25, -0.2) is 9.97 Å². The van der Waals surface area contributed by atoms with Crippen LogP contribution in [0.4, 0.5) is 11.5 Å². The van der Waals surface area contributed by atoms with Crippen molar-refractivity contribution < 1.29 is 14.2 Å². The van der Waals surface area contributed by atoms with E-state index in [-0.39, 0.29) is 6.10 Å². The molecule has 0 spiro atoms. The number of fused-ring (bicyclic) bond motifs is 2. The quantitative estimate of drug-likeness (QED) is 0.488. The minimum absolute atomic E-state index is 0.158. The summed E-state index contributed by atoms with van der Waals surface area (Å²) in [5.74, 6) is 3.32. The molecule has 9 heteroatoms. The molecule has 0 amide bonds. The summed E-state index contributed by atoms with van der Waals surface area (Å²) in [5, 5.41) is 6.87. The number of halogens is 1. The minimum atomic E-state index is 0.158. The van der Waals surface area contributed by atoms with Gasteiger partial charge in [0.1, 0.15) is 24.0 Å². The van der Waals surface area contributed by atoms with Crippen molar-refractivity contribution in [3.63, 3.8) is 0 Å². The number of hydrogen-bond donors (Lipinski definition) is 2. The van der Waals surface area contributed by atoms with Crippen LogP contribution in [-0.2, 0) is 13.1 Å². The lowest BCUT2D eigenvalue weighted by Crippen LogP contribution is -2.35. The molecular weight excluding hydrogens is 498 g/mol. The minimum Gasteiger partial charge on any atom is -0.493 e. The van der Waals surface area contributed by atoms with Crippen LogP contribution in [0.1, 0.15) is 24.0 Å². The first-order valence-corrected chi connectivity index (χ1v) is 12.2. The Labute approximate surface area is 207 Å². The first kappa shape index (κ1) is 22.9. The van der Waals surface area contributed by atoms with Gasteiger partial charge in [-0.3, -0.25) is 0 Å². The predicted molar refractivity (Wildman–Crippen MR) is 134 cm³/mol. The number of methoxy groups -OCH3 is 1. The van der Waals surface area contributed by atoms with Crippen molar-refractivity contribution in [2.75, 3.05) is 32.6 Å². The average molecular weight is 526 g/mol. The highest BCUT2D eigenvalue weighted by Gasteiger charge is 2.24. The Morgan fingerprint density at radius 1 is 1.12 bits per heavy atom. The second-order valence-corrected chi connectivity index (χ2v) is 9.49. The van der Waals surface area contributed by atoms with Gasteiger partial charge in [-0.2, -0.15) is 0 Å². The van der Waals surface area contributed by atoms with E-state index in [4.69, 9.17) is 14.2 Å². The summed E-state index contributed by atoms with van der Waals surface area (Å²) in [7, 11) is 3.81. The van der Waals surface area contributed by atoms with E-state index in [0.717, 1.165) is 47.2 Å².